The van der Waals surface area contributed by atoms with Crippen LogP contribution in [0.15, 0.2) is 60.2 Å². The van der Waals surface area contributed by atoms with Crippen molar-refractivity contribution in [3.63, 3.8) is 0 Å². The zero-order chi connectivity index (χ0) is 20.4. The van der Waals surface area contributed by atoms with Gasteiger partial charge in [-0.1, -0.05) is 18.2 Å². The quantitative estimate of drug-likeness (QED) is 0.542. The van der Waals surface area contributed by atoms with Gasteiger partial charge in [0.2, 0.25) is 0 Å². The van der Waals surface area contributed by atoms with Gasteiger partial charge in [-0.25, -0.2) is 9.67 Å². The van der Waals surface area contributed by atoms with Crippen LogP contribution in [0.25, 0.3) is 16.9 Å². The number of rotatable bonds is 4. The van der Waals surface area contributed by atoms with E-state index in [-0.39, 0.29) is 5.13 Å². The first-order valence-corrected chi connectivity index (χ1v) is 9.06. The number of carbonyl (C=O) groups excluding carboxylic acids is 1. The Hall–Kier alpha value is -3.60. The Morgan fingerprint density at radius 3 is 2.69 bits per heavy atom. The summed E-state index contributed by atoms with van der Waals surface area (Å²) in [5.41, 5.74) is 0.865. The highest BCUT2D eigenvalue weighted by atomic mass is 32.1. The van der Waals surface area contributed by atoms with Gasteiger partial charge >= 0.3 is 6.18 Å². The van der Waals surface area contributed by atoms with E-state index in [2.05, 4.69) is 25.8 Å². The predicted molar refractivity (Wildman–Crippen MR) is 99.7 cm³/mol. The van der Waals surface area contributed by atoms with Crippen molar-refractivity contribution in [1.82, 2.24) is 25.2 Å². The summed E-state index contributed by atoms with van der Waals surface area (Å²) in [4.78, 5) is 16.7. The van der Waals surface area contributed by atoms with Crippen molar-refractivity contribution in [2.75, 3.05) is 5.32 Å². The number of hydrogen-bond donors (Lipinski definition) is 1. The minimum absolute atomic E-state index is 0.273. The lowest BCUT2D eigenvalue weighted by atomic mass is 10.1. The SMILES string of the molecule is O=C(Nc1nc(-c2cccc(C(F)(F)F)c2)cs1)c1cccc(-n2cnnn2)c1. The molecule has 146 valence electrons. The van der Waals surface area contributed by atoms with Crippen LogP contribution in [0, 0.1) is 0 Å². The molecule has 2 heterocycles. The molecule has 0 aliphatic rings. The van der Waals surface area contributed by atoms with Crippen LogP contribution in [-0.2, 0) is 6.18 Å². The van der Waals surface area contributed by atoms with Crippen molar-refractivity contribution in [1.29, 1.82) is 0 Å². The number of alkyl halides is 3. The van der Waals surface area contributed by atoms with E-state index in [1.165, 1.54) is 23.1 Å². The highest BCUT2D eigenvalue weighted by molar-refractivity contribution is 7.14. The van der Waals surface area contributed by atoms with Crippen molar-refractivity contribution in [2.45, 2.75) is 6.18 Å². The van der Waals surface area contributed by atoms with Gasteiger partial charge in [0.05, 0.1) is 16.9 Å². The molecule has 0 aliphatic carbocycles. The first-order valence-electron chi connectivity index (χ1n) is 8.18. The monoisotopic (exact) mass is 416 g/mol. The van der Waals surface area contributed by atoms with Crippen LogP contribution in [0.4, 0.5) is 18.3 Å². The van der Waals surface area contributed by atoms with Gasteiger partial charge in [0.1, 0.15) is 6.33 Å². The average molecular weight is 416 g/mol. The summed E-state index contributed by atoms with van der Waals surface area (Å²) in [6, 6.07) is 11.5. The van der Waals surface area contributed by atoms with Crippen LogP contribution < -0.4 is 5.32 Å². The number of thiazole rings is 1. The Kier molecular flexibility index (Phi) is 4.80. The molecule has 0 fully saturated rings. The van der Waals surface area contributed by atoms with Crippen molar-refractivity contribution in [2.24, 2.45) is 0 Å². The molecule has 0 bridgehead atoms. The second kappa shape index (κ2) is 7.43. The molecular formula is C18H11F3N6OS. The van der Waals surface area contributed by atoms with Crippen molar-refractivity contribution in [3.8, 4) is 16.9 Å². The van der Waals surface area contributed by atoms with Gasteiger partial charge in [-0.15, -0.1) is 16.4 Å². The molecule has 1 N–H and O–H groups in total. The molecule has 0 atom stereocenters. The van der Waals surface area contributed by atoms with Gasteiger partial charge in [0.15, 0.2) is 5.13 Å². The molecule has 4 rings (SSSR count). The van der Waals surface area contributed by atoms with E-state index in [0.29, 0.717) is 22.5 Å². The Morgan fingerprint density at radius 2 is 1.93 bits per heavy atom. The van der Waals surface area contributed by atoms with Crippen molar-refractivity contribution >= 4 is 22.4 Å². The predicted octanol–water partition coefficient (Wildman–Crippen LogP) is 4.06. The number of amides is 1. The van der Waals surface area contributed by atoms with E-state index in [9.17, 15) is 18.0 Å². The fourth-order valence-corrected chi connectivity index (χ4v) is 3.27. The van der Waals surface area contributed by atoms with Gasteiger partial charge in [0.25, 0.3) is 5.91 Å². The molecule has 0 saturated heterocycles. The topological polar surface area (TPSA) is 85.6 Å². The molecule has 0 spiro atoms. The van der Waals surface area contributed by atoms with Crippen LogP contribution in [0.2, 0.25) is 0 Å². The lowest BCUT2D eigenvalue weighted by Gasteiger charge is -2.07. The highest BCUT2D eigenvalue weighted by Crippen LogP contribution is 2.33. The molecule has 0 saturated carbocycles. The maximum absolute atomic E-state index is 12.9. The van der Waals surface area contributed by atoms with Gasteiger partial charge in [-0.3, -0.25) is 10.1 Å². The third kappa shape index (κ3) is 4.14. The Morgan fingerprint density at radius 1 is 1.10 bits per heavy atom. The van der Waals surface area contributed by atoms with Crippen LogP contribution in [0.5, 0.6) is 0 Å². The summed E-state index contributed by atoms with van der Waals surface area (Å²) < 4.78 is 40.1. The lowest BCUT2D eigenvalue weighted by Crippen LogP contribution is -2.12. The minimum atomic E-state index is -4.44. The van der Waals surface area contributed by atoms with Crippen molar-refractivity contribution < 1.29 is 18.0 Å². The van der Waals surface area contributed by atoms with Gasteiger partial charge in [-0.2, -0.15) is 13.2 Å². The number of carbonyl (C=O) groups is 1. The van der Waals surface area contributed by atoms with E-state index in [1.807, 2.05) is 0 Å². The molecule has 2 aromatic heterocycles. The molecule has 29 heavy (non-hydrogen) atoms. The molecule has 7 nitrogen and oxygen atoms in total. The van der Waals surface area contributed by atoms with Crippen LogP contribution in [0.1, 0.15) is 15.9 Å². The van der Waals surface area contributed by atoms with E-state index in [0.717, 1.165) is 23.5 Å². The molecule has 4 aromatic rings. The summed E-state index contributed by atoms with van der Waals surface area (Å²) in [5.74, 6) is -0.412. The van der Waals surface area contributed by atoms with Gasteiger partial charge in [0, 0.05) is 16.5 Å². The van der Waals surface area contributed by atoms with Crippen LogP contribution in [-0.4, -0.2) is 31.1 Å². The summed E-state index contributed by atoms with van der Waals surface area (Å²) in [5, 5.41) is 15.4. The fourth-order valence-electron chi connectivity index (χ4n) is 2.56. The highest BCUT2D eigenvalue weighted by Gasteiger charge is 2.30. The zero-order valence-corrected chi connectivity index (χ0v) is 15.3. The van der Waals surface area contributed by atoms with Crippen LogP contribution >= 0.6 is 11.3 Å². The number of hydrogen-bond acceptors (Lipinski definition) is 6. The minimum Gasteiger partial charge on any atom is -0.298 e. The fraction of sp³-hybridized carbons (Fsp3) is 0.0556. The molecule has 0 unspecified atom stereocenters. The third-order valence-corrected chi connectivity index (χ3v) is 4.69. The number of tetrazole rings is 1. The summed E-state index contributed by atoms with van der Waals surface area (Å²) in [6.45, 7) is 0. The Bertz CT molecular complexity index is 1160. The Labute approximate surface area is 165 Å². The molecule has 2 aromatic carbocycles. The van der Waals surface area contributed by atoms with Gasteiger partial charge < -0.3 is 0 Å². The second-order valence-electron chi connectivity index (χ2n) is 5.88. The summed E-state index contributed by atoms with van der Waals surface area (Å²) in [6.07, 6.45) is -3.03. The van der Waals surface area contributed by atoms with Crippen LogP contribution in [0.3, 0.4) is 0 Å². The smallest absolute Gasteiger partial charge is 0.298 e. The van der Waals surface area contributed by atoms with E-state index in [1.54, 1.807) is 29.6 Å². The second-order valence-corrected chi connectivity index (χ2v) is 6.73. The lowest BCUT2D eigenvalue weighted by molar-refractivity contribution is -0.137. The number of nitrogens with one attached hydrogen (secondary N) is 1. The molecule has 11 heteroatoms. The molecule has 0 radical (unpaired) electrons. The number of benzene rings is 2. The van der Waals surface area contributed by atoms with Crippen molar-refractivity contribution in [3.05, 3.63) is 71.4 Å². The van der Waals surface area contributed by atoms with E-state index in [4.69, 9.17) is 0 Å². The summed E-state index contributed by atoms with van der Waals surface area (Å²) in [7, 11) is 0. The first-order chi connectivity index (χ1) is 13.9. The maximum Gasteiger partial charge on any atom is 0.416 e. The molecule has 1 amide bonds. The normalized spacial score (nSPS) is 11.4. The zero-order valence-electron chi connectivity index (χ0n) is 14.5. The number of nitrogens with zero attached hydrogens (tertiary/aromatic N) is 5. The summed E-state index contributed by atoms with van der Waals surface area (Å²) >= 11 is 1.12. The third-order valence-electron chi connectivity index (χ3n) is 3.93. The molecular weight excluding hydrogens is 405 g/mol. The number of halogens is 3. The first kappa shape index (κ1) is 18.7. The maximum atomic E-state index is 12.9. The average Bonchev–Trinajstić information content (AvgIpc) is 3.40. The molecule has 0 aliphatic heterocycles. The Balaban J connectivity index is 1.53. The van der Waals surface area contributed by atoms with Gasteiger partial charge in [-0.05, 0) is 40.8 Å². The number of anilines is 1. The van der Waals surface area contributed by atoms with E-state index >= 15 is 0 Å². The van der Waals surface area contributed by atoms with E-state index < -0.39 is 17.6 Å². The standard InChI is InChI=1S/C18H11F3N6OS/c19-18(20,21)13-5-1-3-11(7-13)15-9-29-17(23-15)24-16(28)12-4-2-6-14(8-12)27-10-22-25-26-27/h1-10H,(H,23,24,28). The number of aromatic nitrogens is 5. The largest absolute Gasteiger partial charge is 0.416 e.